The van der Waals surface area contributed by atoms with Crippen LogP contribution >= 0.6 is 11.5 Å². The maximum Gasteiger partial charge on any atom is 0.267 e. The van der Waals surface area contributed by atoms with E-state index < -0.39 is 0 Å². The predicted molar refractivity (Wildman–Crippen MR) is 85.2 cm³/mol. The van der Waals surface area contributed by atoms with Crippen molar-refractivity contribution in [3.63, 3.8) is 0 Å². The normalized spacial score (nSPS) is 18.0. The van der Waals surface area contributed by atoms with Crippen molar-refractivity contribution in [2.45, 2.75) is 19.8 Å². The zero-order valence-corrected chi connectivity index (χ0v) is 13.7. The van der Waals surface area contributed by atoms with Gasteiger partial charge in [-0.1, -0.05) is 10.6 Å². The Balaban J connectivity index is 1.58. The van der Waals surface area contributed by atoms with Gasteiger partial charge in [0.05, 0.1) is 12.3 Å². The molecular formula is C16H18FN3O2S. The molecule has 0 aliphatic carbocycles. The molecule has 1 atom stereocenters. The summed E-state index contributed by atoms with van der Waals surface area (Å²) in [5, 5.41) is 3.90. The number of rotatable bonds is 4. The van der Waals surface area contributed by atoms with Crippen molar-refractivity contribution in [3.8, 4) is 5.75 Å². The second-order valence-electron chi connectivity index (χ2n) is 5.72. The molecular weight excluding hydrogens is 317 g/mol. The Hall–Kier alpha value is -2.02. The summed E-state index contributed by atoms with van der Waals surface area (Å²) in [4.78, 5) is 15.0. The predicted octanol–water partition coefficient (Wildman–Crippen LogP) is 2.92. The second kappa shape index (κ2) is 7.04. The molecule has 23 heavy (non-hydrogen) atoms. The molecule has 1 unspecified atom stereocenters. The molecule has 2 heterocycles. The molecule has 2 aromatic rings. The Labute approximate surface area is 138 Å². The number of ether oxygens (including phenoxy) is 1. The SMILES string of the molecule is Cc1nnsc1C(=O)N1CCCC(COc2cccc(F)c2)C1. The van der Waals surface area contributed by atoms with E-state index in [1.54, 1.807) is 19.1 Å². The molecule has 1 aliphatic rings. The molecule has 1 aromatic carbocycles. The molecule has 0 bridgehead atoms. The lowest BCUT2D eigenvalue weighted by atomic mass is 9.98. The number of aryl methyl sites for hydroxylation is 1. The van der Waals surface area contributed by atoms with E-state index in [0.29, 0.717) is 29.5 Å². The van der Waals surface area contributed by atoms with Crippen LogP contribution in [0, 0.1) is 18.7 Å². The molecule has 0 radical (unpaired) electrons. The van der Waals surface area contributed by atoms with E-state index in [2.05, 4.69) is 9.59 Å². The third-order valence-corrected chi connectivity index (χ3v) is 4.75. The minimum Gasteiger partial charge on any atom is -0.493 e. The fraction of sp³-hybridized carbons (Fsp3) is 0.438. The van der Waals surface area contributed by atoms with Crippen molar-refractivity contribution in [1.29, 1.82) is 0 Å². The van der Waals surface area contributed by atoms with E-state index in [4.69, 9.17) is 4.74 Å². The highest BCUT2D eigenvalue weighted by Gasteiger charge is 2.27. The van der Waals surface area contributed by atoms with E-state index in [9.17, 15) is 9.18 Å². The lowest BCUT2D eigenvalue weighted by molar-refractivity contribution is 0.0637. The smallest absolute Gasteiger partial charge is 0.267 e. The number of aromatic nitrogens is 2. The van der Waals surface area contributed by atoms with Gasteiger partial charge in [0.15, 0.2) is 0 Å². The summed E-state index contributed by atoms with van der Waals surface area (Å²) in [5.74, 6) is 0.456. The van der Waals surface area contributed by atoms with Crippen molar-refractivity contribution >= 4 is 17.4 Å². The van der Waals surface area contributed by atoms with Gasteiger partial charge < -0.3 is 9.64 Å². The molecule has 1 saturated heterocycles. The van der Waals surface area contributed by atoms with Gasteiger partial charge in [-0.2, -0.15) is 0 Å². The number of halogens is 1. The number of piperidine rings is 1. The Kier molecular flexibility index (Phi) is 4.85. The number of carbonyl (C=O) groups is 1. The van der Waals surface area contributed by atoms with Crippen LogP contribution in [0.15, 0.2) is 24.3 Å². The van der Waals surface area contributed by atoms with Crippen molar-refractivity contribution in [2.75, 3.05) is 19.7 Å². The number of hydrogen-bond donors (Lipinski definition) is 0. The summed E-state index contributed by atoms with van der Waals surface area (Å²) >= 11 is 1.14. The monoisotopic (exact) mass is 335 g/mol. The average molecular weight is 335 g/mol. The topological polar surface area (TPSA) is 55.3 Å². The fourth-order valence-corrected chi connectivity index (χ4v) is 3.35. The standard InChI is InChI=1S/C16H18FN3O2S/c1-11-15(23-19-18-11)16(21)20-7-3-4-12(9-20)10-22-14-6-2-5-13(17)8-14/h2,5-6,8,12H,3-4,7,9-10H2,1H3. The number of benzene rings is 1. The lowest BCUT2D eigenvalue weighted by Gasteiger charge is -2.32. The molecule has 122 valence electrons. The third-order valence-electron chi connectivity index (χ3n) is 3.93. The maximum atomic E-state index is 13.2. The summed E-state index contributed by atoms with van der Waals surface area (Å²) in [6.45, 7) is 3.66. The molecule has 1 aromatic heterocycles. The summed E-state index contributed by atoms with van der Waals surface area (Å²) in [6, 6.07) is 6.12. The van der Waals surface area contributed by atoms with Gasteiger partial charge in [0, 0.05) is 25.1 Å². The number of likely N-dealkylation sites (tertiary alicyclic amines) is 1. The molecule has 0 spiro atoms. The highest BCUT2D eigenvalue weighted by Crippen LogP contribution is 2.22. The van der Waals surface area contributed by atoms with Crippen molar-refractivity contribution in [2.24, 2.45) is 5.92 Å². The van der Waals surface area contributed by atoms with Crippen LogP contribution in [-0.4, -0.2) is 40.1 Å². The van der Waals surface area contributed by atoms with Crippen LogP contribution in [0.5, 0.6) is 5.75 Å². The maximum absolute atomic E-state index is 13.2. The fourth-order valence-electron chi connectivity index (χ4n) is 2.73. The van der Waals surface area contributed by atoms with Gasteiger partial charge in [-0.05, 0) is 43.4 Å². The first kappa shape index (κ1) is 15.9. The van der Waals surface area contributed by atoms with Crippen LogP contribution in [-0.2, 0) is 0 Å². The van der Waals surface area contributed by atoms with E-state index in [-0.39, 0.29) is 17.6 Å². The molecule has 0 saturated carbocycles. The quantitative estimate of drug-likeness (QED) is 0.862. The van der Waals surface area contributed by atoms with E-state index in [0.717, 1.165) is 30.9 Å². The van der Waals surface area contributed by atoms with E-state index in [1.807, 2.05) is 4.90 Å². The molecule has 1 fully saturated rings. The summed E-state index contributed by atoms with van der Waals surface area (Å²) in [7, 11) is 0. The van der Waals surface area contributed by atoms with Crippen LogP contribution in [0.1, 0.15) is 28.2 Å². The number of amides is 1. The average Bonchev–Trinajstić information content (AvgIpc) is 2.99. The van der Waals surface area contributed by atoms with Gasteiger partial charge in [0.1, 0.15) is 16.4 Å². The molecule has 1 aliphatic heterocycles. The zero-order chi connectivity index (χ0) is 16.2. The Morgan fingerprint density at radius 1 is 1.52 bits per heavy atom. The Morgan fingerprint density at radius 2 is 2.39 bits per heavy atom. The zero-order valence-electron chi connectivity index (χ0n) is 12.9. The van der Waals surface area contributed by atoms with Gasteiger partial charge in [0.2, 0.25) is 0 Å². The number of nitrogens with zero attached hydrogens (tertiary/aromatic N) is 3. The first-order valence-corrected chi connectivity index (χ1v) is 8.37. The van der Waals surface area contributed by atoms with Gasteiger partial charge in [-0.25, -0.2) is 4.39 Å². The molecule has 0 N–H and O–H groups in total. The van der Waals surface area contributed by atoms with Gasteiger partial charge in [0.25, 0.3) is 5.91 Å². The third kappa shape index (κ3) is 3.85. The summed E-state index contributed by atoms with van der Waals surface area (Å²) < 4.78 is 22.6. The van der Waals surface area contributed by atoms with Gasteiger partial charge >= 0.3 is 0 Å². The first-order chi connectivity index (χ1) is 11.1. The summed E-state index contributed by atoms with van der Waals surface area (Å²) in [5.41, 5.74) is 0.679. The van der Waals surface area contributed by atoms with Crippen LogP contribution in [0.4, 0.5) is 4.39 Å². The van der Waals surface area contributed by atoms with Crippen LogP contribution in [0.2, 0.25) is 0 Å². The molecule has 7 heteroatoms. The highest BCUT2D eigenvalue weighted by molar-refractivity contribution is 7.07. The van der Waals surface area contributed by atoms with Crippen LogP contribution in [0.3, 0.4) is 0 Å². The molecule has 3 rings (SSSR count). The lowest BCUT2D eigenvalue weighted by Crippen LogP contribution is -2.41. The van der Waals surface area contributed by atoms with E-state index >= 15 is 0 Å². The van der Waals surface area contributed by atoms with E-state index in [1.165, 1.54) is 12.1 Å². The first-order valence-electron chi connectivity index (χ1n) is 7.60. The Morgan fingerprint density at radius 3 is 3.13 bits per heavy atom. The molecule has 5 nitrogen and oxygen atoms in total. The number of carbonyl (C=O) groups excluding carboxylic acids is 1. The van der Waals surface area contributed by atoms with Crippen LogP contribution < -0.4 is 4.74 Å². The number of hydrogen-bond acceptors (Lipinski definition) is 5. The largest absolute Gasteiger partial charge is 0.493 e. The van der Waals surface area contributed by atoms with Crippen molar-refractivity contribution in [3.05, 3.63) is 40.7 Å². The van der Waals surface area contributed by atoms with Gasteiger partial charge in [-0.15, -0.1) is 5.10 Å². The minimum absolute atomic E-state index is 0.00652. The van der Waals surface area contributed by atoms with Crippen LogP contribution in [0.25, 0.3) is 0 Å². The highest BCUT2D eigenvalue weighted by atomic mass is 32.1. The van der Waals surface area contributed by atoms with Gasteiger partial charge in [-0.3, -0.25) is 4.79 Å². The van der Waals surface area contributed by atoms with Crippen molar-refractivity contribution < 1.29 is 13.9 Å². The van der Waals surface area contributed by atoms with Crippen molar-refractivity contribution in [1.82, 2.24) is 14.5 Å². The summed E-state index contributed by atoms with van der Waals surface area (Å²) in [6.07, 6.45) is 1.94. The minimum atomic E-state index is -0.309. The molecule has 1 amide bonds. The Bertz CT molecular complexity index is 691. The second-order valence-corrected chi connectivity index (χ2v) is 6.47.